The first-order valence-corrected chi connectivity index (χ1v) is 9.00. The summed E-state index contributed by atoms with van der Waals surface area (Å²) in [4.78, 5) is 29.0. The van der Waals surface area contributed by atoms with E-state index in [2.05, 4.69) is 10.3 Å². The van der Waals surface area contributed by atoms with E-state index >= 15 is 0 Å². The molecule has 0 bridgehead atoms. The highest BCUT2D eigenvalue weighted by Crippen LogP contribution is 2.31. The molecule has 0 fully saturated rings. The summed E-state index contributed by atoms with van der Waals surface area (Å²) in [5.74, 6) is 0.443. The number of amides is 1. The summed E-state index contributed by atoms with van der Waals surface area (Å²) >= 11 is 1.19. The number of ether oxygens (including phenoxy) is 1. The van der Waals surface area contributed by atoms with Gasteiger partial charge in [-0.2, -0.15) is 0 Å². The number of para-hydroxylation sites is 1. The standard InChI is InChI=1S/C20H18N2O3S/c1-14(23)19-18(15-8-4-2-5-9-15)22-20(26-19)21-17(24)12-13-25-16-10-6-3-7-11-16/h2-11H,12-13H2,1H3,(H,21,22,24). The Hall–Kier alpha value is -2.99. The van der Waals surface area contributed by atoms with E-state index in [0.29, 0.717) is 15.7 Å². The van der Waals surface area contributed by atoms with Crippen LogP contribution in [0.15, 0.2) is 60.7 Å². The minimum Gasteiger partial charge on any atom is -0.493 e. The van der Waals surface area contributed by atoms with Crippen molar-refractivity contribution in [3.8, 4) is 17.0 Å². The van der Waals surface area contributed by atoms with Gasteiger partial charge in [0.05, 0.1) is 23.6 Å². The van der Waals surface area contributed by atoms with Crippen LogP contribution in [0.2, 0.25) is 0 Å². The molecule has 0 saturated heterocycles. The summed E-state index contributed by atoms with van der Waals surface area (Å²) in [7, 11) is 0. The molecule has 1 amide bonds. The zero-order chi connectivity index (χ0) is 18.4. The molecule has 132 valence electrons. The van der Waals surface area contributed by atoms with Crippen LogP contribution >= 0.6 is 11.3 Å². The Morgan fingerprint density at radius 2 is 1.69 bits per heavy atom. The molecule has 0 aliphatic heterocycles. The van der Waals surface area contributed by atoms with Crippen LogP contribution in [0.25, 0.3) is 11.3 Å². The van der Waals surface area contributed by atoms with E-state index in [1.54, 1.807) is 0 Å². The van der Waals surface area contributed by atoms with E-state index < -0.39 is 0 Å². The average Bonchev–Trinajstić information content (AvgIpc) is 3.07. The van der Waals surface area contributed by atoms with Gasteiger partial charge in [0.25, 0.3) is 0 Å². The molecule has 6 heteroatoms. The second-order valence-electron chi connectivity index (χ2n) is 5.58. The molecule has 2 aromatic carbocycles. The van der Waals surface area contributed by atoms with Crippen LogP contribution in [-0.4, -0.2) is 23.3 Å². The van der Waals surface area contributed by atoms with E-state index in [4.69, 9.17) is 4.74 Å². The van der Waals surface area contributed by atoms with E-state index in [-0.39, 0.29) is 24.7 Å². The number of carbonyl (C=O) groups excluding carboxylic acids is 2. The smallest absolute Gasteiger partial charge is 0.229 e. The minimum absolute atomic E-state index is 0.0748. The fourth-order valence-corrected chi connectivity index (χ4v) is 3.26. The third kappa shape index (κ3) is 4.55. The highest BCUT2D eigenvalue weighted by atomic mass is 32.1. The highest BCUT2D eigenvalue weighted by molar-refractivity contribution is 7.18. The van der Waals surface area contributed by atoms with Crippen molar-refractivity contribution in [1.29, 1.82) is 0 Å². The summed E-state index contributed by atoms with van der Waals surface area (Å²) in [6.07, 6.45) is 0.199. The van der Waals surface area contributed by atoms with Gasteiger partial charge in [0.2, 0.25) is 5.91 Å². The van der Waals surface area contributed by atoms with Gasteiger partial charge in [0, 0.05) is 12.5 Å². The van der Waals surface area contributed by atoms with Gasteiger partial charge in [-0.3, -0.25) is 9.59 Å². The Kier molecular flexibility index (Phi) is 5.76. The third-order valence-electron chi connectivity index (χ3n) is 3.58. The summed E-state index contributed by atoms with van der Waals surface area (Å²) in [5.41, 5.74) is 1.45. The van der Waals surface area contributed by atoms with E-state index in [0.717, 1.165) is 11.3 Å². The van der Waals surface area contributed by atoms with Gasteiger partial charge in [0.1, 0.15) is 5.75 Å². The molecule has 0 radical (unpaired) electrons. The molecular formula is C20H18N2O3S. The van der Waals surface area contributed by atoms with Crippen LogP contribution in [0, 0.1) is 0 Å². The lowest BCUT2D eigenvalue weighted by atomic mass is 10.1. The molecule has 0 unspecified atom stereocenters. The van der Waals surface area contributed by atoms with Crippen LogP contribution in [0.4, 0.5) is 5.13 Å². The minimum atomic E-state index is -0.204. The number of thiazole rings is 1. The predicted molar refractivity (Wildman–Crippen MR) is 103 cm³/mol. The van der Waals surface area contributed by atoms with Gasteiger partial charge in [-0.05, 0) is 12.1 Å². The summed E-state index contributed by atoms with van der Waals surface area (Å²) < 4.78 is 5.52. The Bertz CT molecular complexity index is 892. The van der Waals surface area contributed by atoms with Crippen molar-refractivity contribution in [2.45, 2.75) is 13.3 Å². The SMILES string of the molecule is CC(=O)c1sc(NC(=O)CCOc2ccccc2)nc1-c1ccccc1. The maximum absolute atomic E-state index is 12.1. The molecule has 3 aromatic rings. The third-order valence-corrected chi connectivity index (χ3v) is 4.65. The van der Waals surface area contributed by atoms with Crippen LogP contribution < -0.4 is 10.1 Å². The number of anilines is 1. The lowest BCUT2D eigenvalue weighted by Gasteiger charge is -2.05. The molecule has 0 aliphatic carbocycles. The van der Waals surface area contributed by atoms with E-state index in [1.165, 1.54) is 18.3 Å². The van der Waals surface area contributed by atoms with Gasteiger partial charge in [-0.15, -0.1) is 0 Å². The van der Waals surface area contributed by atoms with Crippen LogP contribution in [-0.2, 0) is 4.79 Å². The number of Topliss-reactive ketones (excluding diaryl/α,β-unsaturated/α-hetero) is 1. The van der Waals surface area contributed by atoms with Gasteiger partial charge in [-0.1, -0.05) is 59.9 Å². The molecular weight excluding hydrogens is 348 g/mol. The number of ketones is 1. The van der Waals surface area contributed by atoms with Crippen molar-refractivity contribution in [2.24, 2.45) is 0 Å². The van der Waals surface area contributed by atoms with Crippen molar-refractivity contribution < 1.29 is 14.3 Å². The molecule has 0 atom stereocenters. The maximum atomic E-state index is 12.1. The largest absolute Gasteiger partial charge is 0.493 e. The Morgan fingerprint density at radius 1 is 1.04 bits per heavy atom. The molecule has 0 saturated carbocycles. The predicted octanol–water partition coefficient (Wildman–Crippen LogP) is 4.42. The van der Waals surface area contributed by atoms with Gasteiger partial charge < -0.3 is 10.1 Å². The van der Waals surface area contributed by atoms with Gasteiger partial charge in [0.15, 0.2) is 10.9 Å². The number of rotatable bonds is 7. The van der Waals surface area contributed by atoms with Crippen molar-refractivity contribution >= 4 is 28.2 Å². The number of nitrogens with one attached hydrogen (secondary N) is 1. The quantitative estimate of drug-likeness (QED) is 0.629. The molecule has 1 aromatic heterocycles. The fourth-order valence-electron chi connectivity index (χ4n) is 2.36. The Morgan fingerprint density at radius 3 is 2.35 bits per heavy atom. The highest BCUT2D eigenvalue weighted by Gasteiger charge is 2.17. The van der Waals surface area contributed by atoms with Gasteiger partial charge in [-0.25, -0.2) is 4.98 Å². The lowest BCUT2D eigenvalue weighted by Crippen LogP contribution is -2.15. The molecule has 0 spiro atoms. The molecule has 5 nitrogen and oxygen atoms in total. The topological polar surface area (TPSA) is 68.3 Å². The second-order valence-corrected chi connectivity index (χ2v) is 6.58. The summed E-state index contributed by atoms with van der Waals surface area (Å²) in [6, 6.07) is 18.8. The maximum Gasteiger partial charge on any atom is 0.229 e. The van der Waals surface area contributed by atoms with Crippen molar-refractivity contribution in [3.63, 3.8) is 0 Å². The van der Waals surface area contributed by atoms with Crippen LogP contribution in [0.1, 0.15) is 23.0 Å². The Labute approximate surface area is 155 Å². The van der Waals surface area contributed by atoms with Crippen molar-refractivity contribution in [2.75, 3.05) is 11.9 Å². The fraction of sp³-hybridized carbons (Fsp3) is 0.150. The molecule has 1 heterocycles. The number of nitrogens with zero attached hydrogens (tertiary/aromatic N) is 1. The lowest BCUT2D eigenvalue weighted by molar-refractivity contribution is -0.116. The normalized spacial score (nSPS) is 10.3. The van der Waals surface area contributed by atoms with Gasteiger partial charge >= 0.3 is 0 Å². The average molecular weight is 366 g/mol. The Balaban J connectivity index is 1.64. The van der Waals surface area contributed by atoms with Crippen molar-refractivity contribution in [3.05, 3.63) is 65.5 Å². The summed E-state index contributed by atoms with van der Waals surface area (Å²) in [6.45, 7) is 1.77. The molecule has 3 rings (SSSR count). The van der Waals surface area contributed by atoms with E-state index in [1.807, 2.05) is 60.7 Å². The monoisotopic (exact) mass is 366 g/mol. The number of carbonyl (C=O) groups is 2. The van der Waals surface area contributed by atoms with Crippen LogP contribution in [0.3, 0.4) is 0 Å². The molecule has 1 N–H and O–H groups in total. The first-order valence-electron chi connectivity index (χ1n) is 8.18. The molecule has 0 aliphatic rings. The van der Waals surface area contributed by atoms with Crippen LogP contribution in [0.5, 0.6) is 5.75 Å². The zero-order valence-electron chi connectivity index (χ0n) is 14.3. The number of aromatic nitrogens is 1. The summed E-state index contributed by atoms with van der Waals surface area (Å²) in [5, 5.41) is 3.17. The second kappa shape index (κ2) is 8.40. The van der Waals surface area contributed by atoms with E-state index in [9.17, 15) is 9.59 Å². The number of hydrogen-bond acceptors (Lipinski definition) is 5. The molecule has 26 heavy (non-hydrogen) atoms. The first-order chi connectivity index (χ1) is 12.6. The zero-order valence-corrected chi connectivity index (χ0v) is 15.1. The number of benzene rings is 2. The van der Waals surface area contributed by atoms with Crippen molar-refractivity contribution in [1.82, 2.24) is 4.98 Å². The first kappa shape index (κ1) is 17.8. The number of hydrogen-bond donors (Lipinski definition) is 1.